The van der Waals surface area contributed by atoms with Crippen LogP contribution in [0.3, 0.4) is 0 Å². The summed E-state index contributed by atoms with van der Waals surface area (Å²) < 4.78 is 12.1. The largest absolute Gasteiger partial charge is 0.501 e. The van der Waals surface area contributed by atoms with Gasteiger partial charge in [-0.3, -0.25) is 4.79 Å². The summed E-state index contributed by atoms with van der Waals surface area (Å²) in [5.74, 6) is 0.594. The third kappa shape index (κ3) is 3.81. The van der Waals surface area contributed by atoms with Crippen LogP contribution in [-0.2, 0) is 9.53 Å². The highest BCUT2D eigenvalue weighted by molar-refractivity contribution is 6.31. The Bertz CT molecular complexity index is 2420. The normalized spacial score (nSPS) is 12.4. The number of ether oxygens (including phenoxy) is 1. The first-order valence-electron chi connectivity index (χ1n) is 14.8. The molecule has 4 heteroatoms. The predicted octanol–water partition coefficient (Wildman–Crippen LogP) is 10.9. The molecule has 0 unspecified atom stereocenters. The number of carbonyl (C=O) groups excluding carboxylic acids is 1. The summed E-state index contributed by atoms with van der Waals surface area (Å²) >= 11 is 0. The topological polar surface area (TPSA) is 42.7 Å². The molecule has 7 aromatic carbocycles. The van der Waals surface area contributed by atoms with Gasteiger partial charge in [0.15, 0.2) is 11.4 Å². The molecule has 0 bridgehead atoms. The fraction of sp³-hybridized carbons (Fsp3) is 0.0750. The Hall–Kier alpha value is -5.61. The maximum Gasteiger partial charge on any atom is 0.163 e. The Morgan fingerprint density at radius 3 is 2.05 bits per heavy atom. The Labute approximate surface area is 254 Å². The Morgan fingerprint density at radius 2 is 1.27 bits per heavy atom. The van der Waals surface area contributed by atoms with Crippen molar-refractivity contribution in [2.75, 3.05) is 12.0 Å². The van der Waals surface area contributed by atoms with Crippen LogP contribution in [0, 0.1) is 0 Å². The van der Waals surface area contributed by atoms with E-state index < -0.39 is 0 Å². The van der Waals surface area contributed by atoms with E-state index in [0.29, 0.717) is 11.3 Å². The number of hydrogen-bond acceptors (Lipinski definition) is 4. The minimum Gasteiger partial charge on any atom is -0.501 e. The number of hydrogen-bond donors (Lipinski definition) is 0. The summed E-state index contributed by atoms with van der Waals surface area (Å²) in [6.07, 6.45) is 0. The number of carbonyl (C=O) groups is 1. The number of ketones is 1. The zero-order valence-corrected chi connectivity index (χ0v) is 24.7. The van der Waals surface area contributed by atoms with E-state index in [1.54, 1.807) is 14.0 Å². The third-order valence-corrected chi connectivity index (χ3v) is 8.80. The Kier molecular flexibility index (Phi) is 5.92. The average Bonchev–Trinajstić information content (AvgIpc) is 3.45. The molecule has 0 saturated heterocycles. The number of para-hydroxylation sites is 3. The highest BCUT2D eigenvalue weighted by Gasteiger charge is 2.23. The van der Waals surface area contributed by atoms with Crippen molar-refractivity contribution >= 4 is 82.7 Å². The number of allylic oxidation sites excluding steroid dienone is 2. The molecule has 8 aromatic rings. The van der Waals surface area contributed by atoms with Crippen LogP contribution in [0.15, 0.2) is 132 Å². The number of Topliss-reactive ketones (excluding diaryl/α,β-unsaturated/α-hetero) is 1. The lowest BCUT2D eigenvalue weighted by Gasteiger charge is -2.27. The molecule has 1 heterocycles. The van der Waals surface area contributed by atoms with E-state index in [1.165, 1.54) is 0 Å². The average molecular weight is 572 g/mol. The van der Waals surface area contributed by atoms with Gasteiger partial charge in [-0.2, -0.15) is 0 Å². The lowest BCUT2D eigenvalue weighted by molar-refractivity contribution is -0.111. The van der Waals surface area contributed by atoms with Crippen molar-refractivity contribution < 1.29 is 13.9 Å². The fourth-order valence-electron chi connectivity index (χ4n) is 6.82. The van der Waals surface area contributed by atoms with Crippen molar-refractivity contribution in [2.45, 2.75) is 13.8 Å². The van der Waals surface area contributed by atoms with Gasteiger partial charge in [0.05, 0.1) is 24.1 Å². The van der Waals surface area contributed by atoms with Crippen LogP contribution in [0.5, 0.6) is 0 Å². The van der Waals surface area contributed by atoms with E-state index >= 15 is 0 Å². The van der Waals surface area contributed by atoms with Crippen LogP contribution in [0.1, 0.15) is 19.4 Å². The summed E-state index contributed by atoms with van der Waals surface area (Å²) in [4.78, 5) is 15.2. The molecule has 0 N–H and O–H groups in total. The van der Waals surface area contributed by atoms with Crippen molar-refractivity contribution in [3.05, 3.63) is 133 Å². The van der Waals surface area contributed by atoms with Gasteiger partial charge in [-0.25, -0.2) is 0 Å². The van der Waals surface area contributed by atoms with Gasteiger partial charge in [-0.1, -0.05) is 91.0 Å². The Morgan fingerprint density at radius 1 is 0.614 bits per heavy atom. The van der Waals surface area contributed by atoms with Gasteiger partial charge in [0.1, 0.15) is 11.3 Å². The monoisotopic (exact) mass is 571 g/mol. The standard InChI is InChI=1S/C40H29NO3/c1-24(42)37(25(2)43-3)30-20-16-26-18-22-33-34(23-19-27-17-21-31(30)38(26)39(27)33)41(28-10-5-4-6-11-28)35-14-9-13-32-29-12-7-8-15-36(29)44-40(32)35/h4-23H,1-3H3/b37-25+. The number of anilines is 3. The van der Waals surface area contributed by atoms with Crippen molar-refractivity contribution in [3.8, 4) is 0 Å². The molecule has 0 radical (unpaired) electrons. The molecular weight excluding hydrogens is 542 g/mol. The first-order chi connectivity index (χ1) is 21.5. The second-order valence-electron chi connectivity index (χ2n) is 11.2. The molecule has 0 aliphatic heterocycles. The smallest absolute Gasteiger partial charge is 0.163 e. The highest BCUT2D eigenvalue weighted by atomic mass is 16.5. The summed E-state index contributed by atoms with van der Waals surface area (Å²) in [6, 6.07) is 42.2. The van der Waals surface area contributed by atoms with Crippen LogP contribution in [-0.4, -0.2) is 12.9 Å². The molecule has 0 aliphatic rings. The van der Waals surface area contributed by atoms with Crippen LogP contribution in [0.25, 0.3) is 59.8 Å². The maximum atomic E-state index is 12.9. The zero-order valence-electron chi connectivity index (χ0n) is 24.7. The van der Waals surface area contributed by atoms with Gasteiger partial charge in [-0.05, 0) is 76.7 Å². The molecule has 1 aromatic heterocycles. The van der Waals surface area contributed by atoms with Gasteiger partial charge in [0, 0.05) is 21.8 Å². The van der Waals surface area contributed by atoms with Gasteiger partial charge >= 0.3 is 0 Å². The van der Waals surface area contributed by atoms with E-state index in [0.717, 1.165) is 76.9 Å². The first kappa shape index (κ1) is 26.1. The molecular formula is C40H29NO3. The van der Waals surface area contributed by atoms with E-state index in [-0.39, 0.29) is 5.78 Å². The maximum absolute atomic E-state index is 12.9. The third-order valence-electron chi connectivity index (χ3n) is 8.80. The molecule has 8 rings (SSSR count). The number of nitrogens with zero attached hydrogens (tertiary/aromatic N) is 1. The van der Waals surface area contributed by atoms with Gasteiger partial charge < -0.3 is 14.1 Å². The quantitative estimate of drug-likeness (QED) is 0.113. The highest BCUT2D eigenvalue weighted by Crippen LogP contribution is 2.47. The van der Waals surface area contributed by atoms with Crippen molar-refractivity contribution in [1.29, 1.82) is 0 Å². The van der Waals surface area contributed by atoms with E-state index in [4.69, 9.17) is 9.15 Å². The first-order valence-corrected chi connectivity index (χ1v) is 14.8. The number of fused-ring (bicyclic) bond motifs is 3. The van der Waals surface area contributed by atoms with Crippen molar-refractivity contribution in [3.63, 3.8) is 0 Å². The predicted molar refractivity (Wildman–Crippen MR) is 182 cm³/mol. The van der Waals surface area contributed by atoms with Gasteiger partial charge in [0.25, 0.3) is 0 Å². The molecule has 0 aliphatic carbocycles. The molecule has 0 amide bonds. The van der Waals surface area contributed by atoms with Crippen LogP contribution < -0.4 is 4.90 Å². The fourth-order valence-corrected chi connectivity index (χ4v) is 6.82. The minimum atomic E-state index is -0.0192. The van der Waals surface area contributed by atoms with E-state index in [1.807, 2.05) is 31.2 Å². The van der Waals surface area contributed by atoms with Crippen molar-refractivity contribution in [1.82, 2.24) is 0 Å². The SMILES string of the molecule is CO/C(C)=C(\C(C)=O)c1ccc2ccc3c(N(c4ccccc4)c4cccc5c4oc4ccccc45)ccc4ccc1c2c43. The van der Waals surface area contributed by atoms with Crippen LogP contribution in [0.2, 0.25) is 0 Å². The molecule has 44 heavy (non-hydrogen) atoms. The number of methoxy groups -OCH3 is 1. The molecule has 4 nitrogen and oxygen atoms in total. The van der Waals surface area contributed by atoms with Gasteiger partial charge in [0.2, 0.25) is 0 Å². The lowest BCUT2D eigenvalue weighted by Crippen LogP contribution is -2.11. The number of rotatable bonds is 6. The second-order valence-corrected chi connectivity index (χ2v) is 11.2. The number of benzene rings is 7. The van der Waals surface area contributed by atoms with Crippen LogP contribution in [0.4, 0.5) is 17.1 Å². The molecule has 212 valence electrons. The summed E-state index contributed by atoms with van der Waals surface area (Å²) in [5, 5.41) is 8.90. The molecule has 0 spiro atoms. The summed E-state index contributed by atoms with van der Waals surface area (Å²) in [7, 11) is 1.61. The minimum absolute atomic E-state index is 0.0192. The van der Waals surface area contributed by atoms with Crippen LogP contribution >= 0.6 is 0 Å². The van der Waals surface area contributed by atoms with E-state index in [2.05, 4.69) is 102 Å². The molecule has 0 fully saturated rings. The van der Waals surface area contributed by atoms with E-state index in [9.17, 15) is 4.79 Å². The van der Waals surface area contributed by atoms with Gasteiger partial charge in [-0.15, -0.1) is 0 Å². The molecule has 0 saturated carbocycles. The summed E-state index contributed by atoms with van der Waals surface area (Å²) in [6.45, 7) is 3.45. The lowest BCUT2D eigenvalue weighted by atomic mass is 9.88. The summed E-state index contributed by atoms with van der Waals surface area (Å²) in [5.41, 5.74) is 6.26. The number of furan rings is 1. The van der Waals surface area contributed by atoms with Crippen molar-refractivity contribution in [2.24, 2.45) is 0 Å². The zero-order chi connectivity index (χ0) is 29.9. The Balaban J connectivity index is 1.46. The molecule has 0 atom stereocenters. The second kappa shape index (κ2) is 9.99.